The van der Waals surface area contributed by atoms with E-state index >= 15 is 0 Å². The molecule has 0 aliphatic carbocycles. The Morgan fingerprint density at radius 2 is 2.03 bits per heavy atom. The molecule has 37 heavy (non-hydrogen) atoms. The predicted molar refractivity (Wildman–Crippen MR) is 140 cm³/mol. The van der Waals surface area contributed by atoms with E-state index in [0.29, 0.717) is 36.2 Å². The van der Waals surface area contributed by atoms with Gasteiger partial charge >= 0.3 is 5.97 Å². The summed E-state index contributed by atoms with van der Waals surface area (Å²) in [5.41, 5.74) is 3.49. The minimum Gasteiger partial charge on any atom is -0.481 e. The van der Waals surface area contributed by atoms with E-state index in [4.69, 9.17) is 14.8 Å². The molecule has 0 saturated carbocycles. The highest BCUT2D eigenvalue weighted by Gasteiger charge is 2.42. The van der Waals surface area contributed by atoms with Crippen LogP contribution in [0.5, 0.6) is 11.5 Å². The number of rotatable bonds is 7. The molecule has 0 radical (unpaired) electrons. The molecule has 198 valence electrons. The van der Waals surface area contributed by atoms with Crippen LogP contribution in [0.2, 0.25) is 0 Å². The number of hydrogen-bond acceptors (Lipinski definition) is 6. The summed E-state index contributed by atoms with van der Waals surface area (Å²) in [6, 6.07) is 7.92. The number of anilines is 1. The lowest BCUT2D eigenvalue weighted by Crippen LogP contribution is -2.54. The molecule has 0 spiro atoms. The summed E-state index contributed by atoms with van der Waals surface area (Å²) >= 11 is 0. The van der Waals surface area contributed by atoms with Gasteiger partial charge in [0.15, 0.2) is 17.0 Å². The van der Waals surface area contributed by atoms with Crippen LogP contribution >= 0.6 is 0 Å². The second kappa shape index (κ2) is 9.40. The quantitative estimate of drug-likeness (QED) is 0.357. The maximum Gasteiger partial charge on any atom is 0.303 e. The minimum absolute atomic E-state index is 0.0412. The second-order valence-corrected chi connectivity index (χ2v) is 12.3. The van der Waals surface area contributed by atoms with Gasteiger partial charge in [0.1, 0.15) is 17.6 Å². The summed E-state index contributed by atoms with van der Waals surface area (Å²) in [4.78, 5) is 18.4. The first-order valence-electron chi connectivity index (χ1n) is 12.9. The summed E-state index contributed by atoms with van der Waals surface area (Å²) in [6.45, 7) is 8.60. The first-order chi connectivity index (χ1) is 17.4. The first-order valence-corrected chi connectivity index (χ1v) is 14.5. The molecule has 1 unspecified atom stereocenters. The molecule has 2 N–H and O–H groups in total. The lowest BCUT2D eigenvalue weighted by atomic mass is 9.82. The summed E-state index contributed by atoms with van der Waals surface area (Å²) in [6.07, 6.45) is 3.06. The molecule has 0 aromatic heterocycles. The largest absolute Gasteiger partial charge is 0.481 e. The van der Waals surface area contributed by atoms with E-state index < -0.39 is 27.5 Å². The van der Waals surface area contributed by atoms with E-state index in [9.17, 15) is 17.8 Å². The van der Waals surface area contributed by atoms with Crippen LogP contribution in [0, 0.1) is 0 Å². The Morgan fingerprint density at radius 3 is 2.73 bits per heavy atom. The number of carboxylic acids is 1. The molecule has 1 atom stereocenters. The fraction of sp³-hybridized carbons (Fsp3) is 0.519. The number of aryl methyl sites for hydroxylation is 1. The number of nitrogens with zero attached hydrogens (tertiary/aromatic N) is 3. The Labute approximate surface area is 216 Å². The first kappa shape index (κ1) is 25.7. The average Bonchev–Trinajstić information content (AvgIpc) is 2.80. The molecule has 5 rings (SSSR count). The topological polar surface area (TPSA) is 120 Å². The third-order valence-corrected chi connectivity index (χ3v) is 8.54. The van der Waals surface area contributed by atoms with E-state index in [0.717, 1.165) is 42.5 Å². The SMILES string of the molecule is CCN1CCCc2cc3c(cc21)Oc1cc2c(cc1=N3)C(CS(=O)(=O)O)CC(C)(C)[N+]=2CCCC(=O)O. The third-order valence-electron chi connectivity index (χ3n) is 7.72. The van der Waals surface area contributed by atoms with Crippen molar-refractivity contribution in [3.63, 3.8) is 0 Å². The van der Waals surface area contributed by atoms with Crippen LogP contribution in [0.1, 0.15) is 63.5 Å². The highest BCUT2D eigenvalue weighted by Crippen LogP contribution is 2.41. The molecule has 10 heteroatoms. The molecule has 9 nitrogen and oxygen atoms in total. The van der Waals surface area contributed by atoms with Crippen molar-refractivity contribution in [2.24, 2.45) is 4.99 Å². The van der Waals surface area contributed by atoms with Gasteiger partial charge in [-0.05, 0) is 51.3 Å². The lowest BCUT2D eigenvalue weighted by molar-refractivity contribution is -0.137. The predicted octanol–water partition coefficient (Wildman–Crippen LogP) is 3.03. The van der Waals surface area contributed by atoms with E-state index in [2.05, 4.69) is 28.5 Å². The molecule has 0 saturated heterocycles. The molecule has 0 amide bonds. The van der Waals surface area contributed by atoms with Gasteiger partial charge < -0.3 is 14.7 Å². The summed E-state index contributed by atoms with van der Waals surface area (Å²) in [7, 11) is -4.21. The fourth-order valence-electron chi connectivity index (χ4n) is 6.09. The maximum absolute atomic E-state index is 11.9. The Balaban J connectivity index is 1.67. The second-order valence-electron chi connectivity index (χ2n) is 10.8. The van der Waals surface area contributed by atoms with Crippen LogP contribution in [0.3, 0.4) is 0 Å². The number of carbonyl (C=O) groups is 1. The van der Waals surface area contributed by atoms with Gasteiger partial charge in [-0.15, -0.1) is 0 Å². The number of hydrogen-bond donors (Lipinski definition) is 2. The molecule has 3 heterocycles. The highest BCUT2D eigenvalue weighted by atomic mass is 32.2. The van der Waals surface area contributed by atoms with E-state index in [1.54, 1.807) is 0 Å². The summed E-state index contributed by atoms with van der Waals surface area (Å²) in [5, 5.41) is 10.6. The molecule has 2 aromatic carbocycles. The smallest absolute Gasteiger partial charge is 0.303 e. The Bertz CT molecular complexity index is 1500. The zero-order valence-electron chi connectivity index (χ0n) is 21.5. The molecule has 3 aliphatic heterocycles. The van der Waals surface area contributed by atoms with Gasteiger partial charge in [0.05, 0.1) is 18.2 Å². The van der Waals surface area contributed by atoms with Crippen molar-refractivity contribution < 1.29 is 27.6 Å². The van der Waals surface area contributed by atoms with Crippen LogP contribution < -0.4 is 24.9 Å². The molecule has 2 aromatic rings. The lowest BCUT2D eigenvalue weighted by Gasteiger charge is -2.33. The van der Waals surface area contributed by atoms with Gasteiger partial charge in [-0.25, -0.2) is 9.57 Å². The Kier molecular flexibility index (Phi) is 6.52. The number of aliphatic carboxylic acids is 1. The van der Waals surface area contributed by atoms with Crippen LogP contribution in [0.25, 0.3) is 0 Å². The van der Waals surface area contributed by atoms with Crippen molar-refractivity contribution in [3.05, 3.63) is 46.1 Å². The van der Waals surface area contributed by atoms with Crippen molar-refractivity contribution in [2.45, 2.75) is 64.3 Å². The van der Waals surface area contributed by atoms with Crippen LogP contribution in [-0.4, -0.2) is 55.0 Å². The highest BCUT2D eigenvalue weighted by molar-refractivity contribution is 7.85. The molecule has 3 aliphatic rings. The monoisotopic (exact) mass is 528 g/mol. The van der Waals surface area contributed by atoms with Crippen molar-refractivity contribution >= 4 is 27.5 Å². The normalized spacial score (nSPS) is 19.6. The van der Waals surface area contributed by atoms with E-state index in [-0.39, 0.29) is 12.2 Å². The average molecular weight is 529 g/mol. The Hall–Kier alpha value is -2.98. The van der Waals surface area contributed by atoms with Gasteiger partial charge in [-0.3, -0.25) is 9.35 Å². The number of fused-ring (bicyclic) bond motifs is 4. The van der Waals surface area contributed by atoms with E-state index in [1.165, 1.54) is 11.3 Å². The van der Waals surface area contributed by atoms with Crippen molar-refractivity contribution in [3.8, 4) is 11.5 Å². The van der Waals surface area contributed by atoms with Gasteiger partial charge in [0.2, 0.25) is 5.36 Å². The standard InChI is InChI=1S/C27H33N3O6S/c1-4-29-9-5-7-17-11-20-24(13-22(17)29)36-25-14-23-19(12-21(25)28-20)18(16-37(33,34)35)15-27(2,3)30(23)10-6-8-26(31)32/h11-14,18H,4-10,15-16H2,1-3H3,(H-,31,32,33,34,35)/p+1. The number of ether oxygens (including phenoxy) is 1. The molecule has 0 bridgehead atoms. The van der Waals surface area contributed by atoms with Crippen molar-refractivity contribution in [1.29, 1.82) is 0 Å². The van der Waals surface area contributed by atoms with Crippen molar-refractivity contribution in [1.82, 2.24) is 4.58 Å². The van der Waals surface area contributed by atoms with Gasteiger partial charge in [-0.1, -0.05) is 0 Å². The zero-order valence-corrected chi connectivity index (χ0v) is 22.3. The molecular formula is C27H34N3O6S+. The van der Waals surface area contributed by atoms with Gasteiger partial charge in [0.25, 0.3) is 10.1 Å². The summed E-state index contributed by atoms with van der Waals surface area (Å²) in [5.74, 6) is -0.402. The van der Waals surface area contributed by atoms with Crippen molar-refractivity contribution in [2.75, 3.05) is 30.3 Å². The molecule has 0 fully saturated rings. The van der Waals surface area contributed by atoms with Crippen LogP contribution in [0.4, 0.5) is 11.4 Å². The van der Waals surface area contributed by atoms with E-state index in [1.807, 2.05) is 26.0 Å². The third kappa shape index (κ3) is 5.09. The van der Waals surface area contributed by atoms with Gasteiger partial charge in [-0.2, -0.15) is 8.42 Å². The Morgan fingerprint density at radius 1 is 1.24 bits per heavy atom. The zero-order chi connectivity index (χ0) is 26.5. The van der Waals surface area contributed by atoms with Crippen LogP contribution in [0.15, 0.2) is 29.3 Å². The minimum atomic E-state index is -4.21. The maximum atomic E-state index is 11.9. The summed E-state index contributed by atoms with van der Waals surface area (Å²) < 4.78 is 42.0. The van der Waals surface area contributed by atoms with Crippen LogP contribution in [-0.2, 0) is 21.3 Å². The fourth-order valence-corrected chi connectivity index (χ4v) is 6.90. The number of carboxylic acid groups (broad SMARTS) is 1. The molecular weight excluding hydrogens is 494 g/mol. The van der Waals surface area contributed by atoms with Gasteiger partial charge in [0, 0.05) is 49.2 Å². The number of benzene rings is 2.